The summed E-state index contributed by atoms with van der Waals surface area (Å²) in [6.45, 7) is 4.12. The zero-order valence-electron chi connectivity index (χ0n) is 20.5. The molecule has 1 amide bonds. The predicted octanol–water partition coefficient (Wildman–Crippen LogP) is 3.08. The zero-order chi connectivity index (χ0) is 25.6. The molecule has 5 rings (SSSR count). The third kappa shape index (κ3) is 5.61. The van der Waals surface area contributed by atoms with Crippen molar-refractivity contribution >= 4 is 16.9 Å². The average molecular weight is 496 g/mol. The van der Waals surface area contributed by atoms with Crippen LogP contribution in [0.4, 0.5) is 0 Å². The highest BCUT2D eigenvalue weighted by atomic mass is 16.5. The maximum atomic E-state index is 13.2. The molecule has 188 valence electrons. The summed E-state index contributed by atoms with van der Waals surface area (Å²) in [7, 11) is 0. The van der Waals surface area contributed by atoms with Crippen molar-refractivity contribution in [1.82, 2.24) is 24.8 Å². The van der Waals surface area contributed by atoms with Crippen LogP contribution in [0, 0.1) is 17.2 Å². The van der Waals surface area contributed by atoms with Gasteiger partial charge in [-0.15, -0.1) is 0 Å². The second-order valence-corrected chi connectivity index (χ2v) is 9.15. The predicted molar refractivity (Wildman–Crippen MR) is 140 cm³/mol. The molecule has 0 radical (unpaired) electrons. The zero-order valence-corrected chi connectivity index (χ0v) is 20.5. The van der Waals surface area contributed by atoms with E-state index in [1.54, 1.807) is 18.5 Å². The van der Waals surface area contributed by atoms with Crippen molar-refractivity contribution in [3.63, 3.8) is 0 Å². The Balaban J connectivity index is 1.18. The molecule has 1 saturated heterocycles. The van der Waals surface area contributed by atoms with Gasteiger partial charge in [-0.1, -0.05) is 18.2 Å². The number of ether oxygens (including phenoxy) is 1. The molecule has 1 aliphatic rings. The maximum absolute atomic E-state index is 13.2. The quantitative estimate of drug-likeness (QED) is 0.385. The Morgan fingerprint density at radius 3 is 2.59 bits per heavy atom. The number of hydrogen-bond donors (Lipinski definition) is 2. The molecule has 1 unspecified atom stereocenters. The molecule has 0 saturated carbocycles. The molecule has 3 N–H and O–H groups in total. The Morgan fingerprint density at radius 2 is 1.89 bits per heavy atom. The highest BCUT2D eigenvalue weighted by Gasteiger charge is 2.27. The number of carbonyl (C=O) groups excluding carboxylic acids is 1. The summed E-state index contributed by atoms with van der Waals surface area (Å²) in [5.41, 5.74) is 9.18. The molecule has 3 aromatic heterocycles. The summed E-state index contributed by atoms with van der Waals surface area (Å²) in [5.74, 6) is 1.04. The lowest BCUT2D eigenvalue weighted by atomic mass is 9.97. The minimum atomic E-state index is -0.271. The van der Waals surface area contributed by atoms with Crippen LogP contribution in [0.5, 0.6) is 11.5 Å². The average Bonchev–Trinajstić information content (AvgIpc) is 3.38. The lowest BCUT2D eigenvalue weighted by molar-refractivity contribution is -0.137. The van der Waals surface area contributed by atoms with E-state index in [9.17, 15) is 10.1 Å². The number of carbonyl (C=O) groups is 1. The fourth-order valence-corrected chi connectivity index (χ4v) is 4.68. The van der Waals surface area contributed by atoms with Gasteiger partial charge < -0.3 is 20.4 Å². The summed E-state index contributed by atoms with van der Waals surface area (Å²) in [5, 5.41) is 10.0. The van der Waals surface area contributed by atoms with Gasteiger partial charge in [0, 0.05) is 57.9 Å². The maximum Gasteiger partial charge on any atom is 0.227 e. The first-order valence-electron chi connectivity index (χ1n) is 12.4. The van der Waals surface area contributed by atoms with Crippen LogP contribution >= 0.6 is 0 Å². The minimum Gasteiger partial charge on any atom is -0.456 e. The van der Waals surface area contributed by atoms with E-state index in [0.29, 0.717) is 54.2 Å². The summed E-state index contributed by atoms with van der Waals surface area (Å²) in [6.07, 6.45) is 5.64. The van der Waals surface area contributed by atoms with Crippen LogP contribution in [0.15, 0.2) is 67.1 Å². The summed E-state index contributed by atoms with van der Waals surface area (Å²) >= 11 is 0. The Morgan fingerprint density at radius 1 is 1.08 bits per heavy atom. The minimum absolute atomic E-state index is 0.107. The van der Waals surface area contributed by atoms with Crippen LogP contribution in [-0.4, -0.2) is 63.4 Å². The smallest absolute Gasteiger partial charge is 0.227 e. The number of fused-ring (bicyclic) bond motifs is 1. The van der Waals surface area contributed by atoms with Gasteiger partial charge in [0.2, 0.25) is 5.91 Å². The van der Waals surface area contributed by atoms with E-state index in [2.05, 4.69) is 25.9 Å². The van der Waals surface area contributed by atoms with Gasteiger partial charge in [-0.2, -0.15) is 5.26 Å². The first-order chi connectivity index (χ1) is 18.1. The molecule has 9 heteroatoms. The molecule has 1 atom stereocenters. The Bertz CT molecular complexity index is 1390. The molecule has 4 heterocycles. The third-order valence-corrected chi connectivity index (χ3v) is 6.72. The SMILES string of the molecule is N#Cc1c[nH]c2nccc(Oc3ccc(CC(CN)C(=O)N4CCN(Cc5ccccn5)CC4)cc3)c12. The van der Waals surface area contributed by atoms with E-state index in [0.717, 1.165) is 30.9 Å². The number of nitriles is 1. The number of hydrogen-bond acceptors (Lipinski definition) is 7. The number of benzene rings is 1. The molecule has 9 nitrogen and oxygen atoms in total. The third-order valence-electron chi connectivity index (χ3n) is 6.72. The highest BCUT2D eigenvalue weighted by Crippen LogP contribution is 2.31. The van der Waals surface area contributed by atoms with Gasteiger partial charge in [0.25, 0.3) is 0 Å². The summed E-state index contributed by atoms with van der Waals surface area (Å²) < 4.78 is 6.05. The monoisotopic (exact) mass is 495 g/mol. The van der Waals surface area contributed by atoms with Gasteiger partial charge in [0.15, 0.2) is 0 Å². The van der Waals surface area contributed by atoms with E-state index in [-0.39, 0.29) is 11.8 Å². The standard InChI is InChI=1S/C28H29N7O2/c29-16-21(28(36)35-13-11-34(12-14-35)19-23-3-1-2-9-31-23)15-20-4-6-24(7-5-20)37-25-8-10-32-27-26(25)22(17-30)18-33-27/h1-10,18,21H,11-16,19,29H2,(H,32,33). The Kier molecular flexibility index (Phi) is 7.40. The van der Waals surface area contributed by atoms with Crippen LogP contribution in [0.25, 0.3) is 11.0 Å². The number of rotatable bonds is 8. The summed E-state index contributed by atoms with van der Waals surface area (Å²) in [4.78, 5) is 29.1. The van der Waals surface area contributed by atoms with E-state index in [1.807, 2.05) is 53.6 Å². The van der Waals surface area contributed by atoms with Crippen molar-refractivity contribution in [3.8, 4) is 17.6 Å². The van der Waals surface area contributed by atoms with E-state index in [1.165, 1.54) is 0 Å². The fourth-order valence-electron chi connectivity index (χ4n) is 4.68. The molecule has 1 aliphatic heterocycles. The van der Waals surface area contributed by atoms with Gasteiger partial charge in [-0.25, -0.2) is 4.98 Å². The van der Waals surface area contributed by atoms with Crippen molar-refractivity contribution in [2.75, 3.05) is 32.7 Å². The van der Waals surface area contributed by atoms with Crippen molar-refractivity contribution in [1.29, 1.82) is 5.26 Å². The van der Waals surface area contributed by atoms with Crippen LogP contribution in [-0.2, 0) is 17.8 Å². The van der Waals surface area contributed by atoms with Crippen molar-refractivity contribution in [3.05, 3.63) is 83.9 Å². The number of aromatic amines is 1. The molecule has 37 heavy (non-hydrogen) atoms. The molecule has 1 fully saturated rings. The van der Waals surface area contributed by atoms with Crippen molar-refractivity contribution in [2.24, 2.45) is 11.7 Å². The van der Waals surface area contributed by atoms with Crippen molar-refractivity contribution in [2.45, 2.75) is 13.0 Å². The molecule has 0 aliphatic carbocycles. The number of nitrogens with zero attached hydrogens (tertiary/aromatic N) is 5. The lowest BCUT2D eigenvalue weighted by Gasteiger charge is -2.36. The molecule has 1 aromatic carbocycles. The lowest BCUT2D eigenvalue weighted by Crippen LogP contribution is -2.51. The van der Waals surface area contributed by atoms with Crippen molar-refractivity contribution < 1.29 is 9.53 Å². The van der Waals surface area contributed by atoms with Crippen LogP contribution < -0.4 is 10.5 Å². The van der Waals surface area contributed by atoms with Crippen LogP contribution in [0.3, 0.4) is 0 Å². The largest absolute Gasteiger partial charge is 0.456 e. The number of nitrogens with one attached hydrogen (secondary N) is 1. The molecule has 0 spiro atoms. The number of pyridine rings is 2. The second-order valence-electron chi connectivity index (χ2n) is 9.15. The highest BCUT2D eigenvalue weighted by molar-refractivity contribution is 5.88. The number of H-pyrrole nitrogens is 1. The van der Waals surface area contributed by atoms with E-state index in [4.69, 9.17) is 10.5 Å². The first kappa shape index (κ1) is 24.4. The van der Waals surface area contributed by atoms with Gasteiger partial charge in [0.1, 0.15) is 23.2 Å². The molecular formula is C28H29N7O2. The normalized spacial score (nSPS) is 14.9. The molecular weight excluding hydrogens is 466 g/mol. The van der Waals surface area contributed by atoms with Gasteiger partial charge in [0.05, 0.1) is 22.6 Å². The van der Waals surface area contributed by atoms with Crippen LogP contribution in [0.1, 0.15) is 16.8 Å². The fraction of sp³-hybridized carbons (Fsp3) is 0.286. The van der Waals surface area contributed by atoms with Crippen LogP contribution in [0.2, 0.25) is 0 Å². The number of piperazine rings is 1. The summed E-state index contributed by atoms with van der Waals surface area (Å²) in [6, 6.07) is 17.5. The van der Waals surface area contributed by atoms with E-state index >= 15 is 0 Å². The number of aromatic nitrogens is 3. The Labute approximate surface area is 215 Å². The second kappa shape index (κ2) is 11.2. The van der Waals surface area contributed by atoms with Gasteiger partial charge in [-0.3, -0.25) is 14.7 Å². The first-order valence-corrected chi connectivity index (χ1v) is 12.4. The molecule has 4 aromatic rings. The van der Waals surface area contributed by atoms with Gasteiger partial charge in [-0.05, 0) is 42.3 Å². The van der Waals surface area contributed by atoms with E-state index < -0.39 is 0 Å². The molecule has 0 bridgehead atoms. The Hall–Kier alpha value is -4.26. The number of amides is 1. The van der Waals surface area contributed by atoms with Gasteiger partial charge >= 0.3 is 0 Å². The topological polar surface area (TPSA) is 124 Å². The number of nitrogens with two attached hydrogens (primary N) is 1.